The molecule has 84 valence electrons. The fraction of sp³-hybridized carbons (Fsp3) is 0.364. The summed E-state index contributed by atoms with van der Waals surface area (Å²) in [6.45, 7) is 6.31. The van der Waals surface area contributed by atoms with E-state index in [1.54, 1.807) is 11.0 Å². The highest BCUT2D eigenvalue weighted by atomic mass is 15.5. The van der Waals surface area contributed by atoms with Crippen LogP contribution >= 0.6 is 0 Å². The van der Waals surface area contributed by atoms with Gasteiger partial charge in [0.15, 0.2) is 0 Å². The van der Waals surface area contributed by atoms with Crippen molar-refractivity contribution in [2.75, 3.05) is 5.32 Å². The van der Waals surface area contributed by atoms with Crippen LogP contribution in [0.3, 0.4) is 0 Å². The van der Waals surface area contributed by atoms with Gasteiger partial charge in [-0.15, -0.1) is 5.10 Å². The van der Waals surface area contributed by atoms with Gasteiger partial charge in [-0.25, -0.2) is 4.68 Å². The first-order valence-electron chi connectivity index (χ1n) is 5.27. The highest BCUT2D eigenvalue weighted by Gasteiger charge is 2.04. The molecular formula is C11H15N5. The molecule has 1 aromatic heterocycles. The van der Waals surface area contributed by atoms with Crippen LogP contribution in [-0.2, 0) is 0 Å². The summed E-state index contributed by atoms with van der Waals surface area (Å²) in [5.74, 6) is 0. The number of anilines is 1. The Kier molecular flexibility index (Phi) is 2.85. The lowest BCUT2D eigenvalue weighted by molar-refractivity contribution is 0.788. The van der Waals surface area contributed by atoms with Crippen molar-refractivity contribution in [3.8, 4) is 5.69 Å². The minimum absolute atomic E-state index is 0.405. The SMILES string of the molecule is Cc1ccc(-n2cnnn2)cc1NC(C)C. The maximum Gasteiger partial charge on any atom is 0.143 e. The Morgan fingerprint density at radius 3 is 2.75 bits per heavy atom. The fourth-order valence-corrected chi connectivity index (χ4v) is 1.50. The van der Waals surface area contributed by atoms with Gasteiger partial charge < -0.3 is 5.32 Å². The van der Waals surface area contributed by atoms with Crippen molar-refractivity contribution in [1.82, 2.24) is 20.2 Å². The first kappa shape index (κ1) is 10.6. The van der Waals surface area contributed by atoms with Gasteiger partial charge >= 0.3 is 0 Å². The van der Waals surface area contributed by atoms with Crippen LogP contribution in [0.25, 0.3) is 5.69 Å². The smallest absolute Gasteiger partial charge is 0.143 e. The van der Waals surface area contributed by atoms with E-state index in [1.165, 1.54) is 5.56 Å². The maximum atomic E-state index is 3.86. The van der Waals surface area contributed by atoms with E-state index in [0.29, 0.717) is 6.04 Å². The van der Waals surface area contributed by atoms with Crippen molar-refractivity contribution >= 4 is 5.69 Å². The van der Waals surface area contributed by atoms with Crippen molar-refractivity contribution in [2.45, 2.75) is 26.8 Å². The molecule has 0 radical (unpaired) electrons. The number of hydrogen-bond acceptors (Lipinski definition) is 4. The van der Waals surface area contributed by atoms with E-state index in [-0.39, 0.29) is 0 Å². The van der Waals surface area contributed by atoms with Crippen LogP contribution in [0, 0.1) is 6.92 Å². The van der Waals surface area contributed by atoms with E-state index >= 15 is 0 Å². The summed E-state index contributed by atoms with van der Waals surface area (Å²) in [5, 5.41) is 14.5. The van der Waals surface area contributed by atoms with Gasteiger partial charge in [0.1, 0.15) is 6.33 Å². The van der Waals surface area contributed by atoms with E-state index in [4.69, 9.17) is 0 Å². The number of benzene rings is 1. The Labute approximate surface area is 94.5 Å². The van der Waals surface area contributed by atoms with Crippen LogP contribution < -0.4 is 5.32 Å². The minimum atomic E-state index is 0.405. The Balaban J connectivity index is 2.36. The Bertz CT molecular complexity index is 461. The second-order valence-electron chi connectivity index (χ2n) is 4.05. The lowest BCUT2D eigenvalue weighted by Crippen LogP contribution is -2.11. The third-order valence-electron chi connectivity index (χ3n) is 2.28. The van der Waals surface area contributed by atoms with E-state index in [9.17, 15) is 0 Å². The van der Waals surface area contributed by atoms with Gasteiger partial charge in [-0.3, -0.25) is 0 Å². The van der Waals surface area contributed by atoms with Gasteiger partial charge in [-0.1, -0.05) is 6.07 Å². The molecule has 0 saturated heterocycles. The van der Waals surface area contributed by atoms with E-state index < -0.39 is 0 Å². The first-order chi connectivity index (χ1) is 7.66. The topological polar surface area (TPSA) is 55.6 Å². The van der Waals surface area contributed by atoms with Gasteiger partial charge in [0.25, 0.3) is 0 Å². The predicted molar refractivity (Wildman–Crippen MR) is 62.6 cm³/mol. The molecule has 1 aromatic carbocycles. The molecule has 16 heavy (non-hydrogen) atoms. The lowest BCUT2D eigenvalue weighted by atomic mass is 10.1. The average molecular weight is 217 g/mol. The second kappa shape index (κ2) is 4.30. The number of tetrazole rings is 1. The van der Waals surface area contributed by atoms with Crippen molar-refractivity contribution < 1.29 is 0 Å². The molecule has 2 rings (SSSR count). The van der Waals surface area contributed by atoms with Crippen molar-refractivity contribution in [3.05, 3.63) is 30.1 Å². The molecule has 5 nitrogen and oxygen atoms in total. The summed E-state index contributed by atoms with van der Waals surface area (Å²) in [4.78, 5) is 0. The van der Waals surface area contributed by atoms with Gasteiger partial charge in [-0.2, -0.15) is 0 Å². The van der Waals surface area contributed by atoms with Crippen molar-refractivity contribution in [2.24, 2.45) is 0 Å². The van der Waals surface area contributed by atoms with E-state index in [2.05, 4.69) is 47.7 Å². The summed E-state index contributed by atoms with van der Waals surface area (Å²) in [6.07, 6.45) is 1.59. The number of nitrogens with zero attached hydrogens (tertiary/aromatic N) is 4. The van der Waals surface area contributed by atoms with E-state index in [0.717, 1.165) is 11.4 Å². The molecule has 0 fully saturated rings. The van der Waals surface area contributed by atoms with Crippen molar-refractivity contribution in [1.29, 1.82) is 0 Å². The molecule has 1 heterocycles. The number of aromatic nitrogens is 4. The largest absolute Gasteiger partial charge is 0.383 e. The molecule has 0 spiro atoms. The molecule has 1 N–H and O–H groups in total. The molecular weight excluding hydrogens is 202 g/mol. The van der Waals surface area contributed by atoms with Crippen LogP contribution in [0.15, 0.2) is 24.5 Å². The van der Waals surface area contributed by atoms with Gasteiger partial charge in [-0.05, 0) is 48.9 Å². The summed E-state index contributed by atoms with van der Waals surface area (Å²) in [7, 11) is 0. The summed E-state index contributed by atoms with van der Waals surface area (Å²) >= 11 is 0. The maximum absolute atomic E-state index is 3.86. The van der Waals surface area contributed by atoms with Gasteiger partial charge in [0.2, 0.25) is 0 Å². The first-order valence-corrected chi connectivity index (χ1v) is 5.27. The van der Waals surface area contributed by atoms with Crippen molar-refractivity contribution in [3.63, 3.8) is 0 Å². The zero-order chi connectivity index (χ0) is 11.5. The molecule has 2 aromatic rings. The fourth-order valence-electron chi connectivity index (χ4n) is 1.50. The Morgan fingerprint density at radius 1 is 1.31 bits per heavy atom. The highest BCUT2D eigenvalue weighted by Crippen LogP contribution is 2.19. The minimum Gasteiger partial charge on any atom is -0.383 e. The molecule has 5 heteroatoms. The number of hydrogen-bond donors (Lipinski definition) is 1. The summed E-state index contributed by atoms with van der Waals surface area (Å²) < 4.78 is 1.64. The second-order valence-corrected chi connectivity index (χ2v) is 4.05. The summed E-state index contributed by atoms with van der Waals surface area (Å²) in [5.41, 5.74) is 3.28. The number of aryl methyl sites for hydroxylation is 1. The van der Waals surface area contributed by atoms with Crippen LogP contribution in [0.5, 0.6) is 0 Å². The molecule has 0 unspecified atom stereocenters. The quantitative estimate of drug-likeness (QED) is 0.851. The van der Waals surface area contributed by atoms with Crippen LogP contribution in [0.1, 0.15) is 19.4 Å². The molecule has 0 aliphatic carbocycles. The normalized spacial score (nSPS) is 10.8. The molecule has 0 saturated carbocycles. The predicted octanol–water partition coefficient (Wildman–Crippen LogP) is 1.79. The van der Waals surface area contributed by atoms with Gasteiger partial charge in [0, 0.05) is 11.7 Å². The third kappa shape index (κ3) is 2.18. The zero-order valence-electron chi connectivity index (χ0n) is 9.68. The van der Waals surface area contributed by atoms with Gasteiger partial charge in [0.05, 0.1) is 5.69 Å². The lowest BCUT2D eigenvalue weighted by Gasteiger charge is -2.13. The average Bonchev–Trinajstić information content (AvgIpc) is 2.73. The molecule has 0 aliphatic rings. The van der Waals surface area contributed by atoms with Crippen LogP contribution in [-0.4, -0.2) is 26.2 Å². The Hall–Kier alpha value is -1.91. The summed E-state index contributed by atoms with van der Waals surface area (Å²) in [6, 6.07) is 6.51. The molecule has 0 atom stereocenters. The number of nitrogens with one attached hydrogen (secondary N) is 1. The number of rotatable bonds is 3. The molecule has 0 bridgehead atoms. The monoisotopic (exact) mass is 217 g/mol. The van der Waals surface area contributed by atoms with Crippen LogP contribution in [0.2, 0.25) is 0 Å². The van der Waals surface area contributed by atoms with Crippen LogP contribution in [0.4, 0.5) is 5.69 Å². The molecule has 0 amide bonds. The highest BCUT2D eigenvalue weighted by molar-refractivity contribution is 5.56. The Morgan fingerprint density at radius 2 is 2.12 bits per heavy atom. The zero-order valence-corrected chi connectivity index (χ0v) is 9.68. The third-order valence-corrected chi connectivity index (χ3v) is 2.28. The standard InChI is InChI=1S/C11H15N5/c1-8(2)13-11-6-10(5-4-9(11)3)16-7-12-14-15-16/h4-8,13H,1-3H3. The molecule has 0 aliphatic heterocycles. The van der Waals surface area contributed by atoms with E-state index in [1.807, 2.05) is 12.1 Å².